The number of rotatable bonds is 1. The maximum absolute atomic E-state index is 11.8. The Bertz CT molecular complexity index is 746. The van der Waals surface area contributed by atoms with E-state index >= 15 is 0 Å². The average molecular weight is 262 g/mol. The lowest BCUT2D eigenvalue weighted by atomic mass is 10.2. The van der Waals surface area contributed by atoms with Crippen LogP contribution in [0, 0.1) is 0 Å². The summed E-state index contributed by atoms with van der Waals surface area (Å²) in [4.78, 5) is 0.225. The Morgan fingerprint density at radius 2 is 2.00 bits per heavy atom. The molecule has 1 aliphatic heterocycles. The summed E-state index contributed by atoms with van der Waals surface area (Å²) in [7, 11) is -1.79. The van der Waals surface area contributed by atoms with Gasteiger partial charge in [0.1, 0.15) is 4.90 Å². The first-order valence-electron chi connectivity index (χ1n) is 5.27. The van der Waals surface area contributed by atoms with Crippen LogP contribution >= 0.6 is 0 Å². The van der Waals surface area contributed by atoms with E-state index in [2.05, 4.69) is 14.8 Å². The molecule has 0 spiro atoms. The van der Waals surface area contributed by atoms with Crippen molar-refractivity contribution in [3.05, 3.63) is 42.1 Å². The molecule has 0 fully saturated rings. The summed E-state index contributed by atoms with van der Waals surface area (Å²) >= 11 is 0. The van der Waals surface area contributed by atoms with Gasteiger partial charge < -0.3 is 5.32 Å². The molecule has 0 atom stereocenters. The normalized spacial score (nSPS) is 16.2. The molecule has 92 valence electrons. The van der Waals surface area contributed by atoms with Crippen LogP contribution in [-0.2, 0) is 17.1 Å². The Hall–Kier alpha value is -2.15. The van der Waals surface area contributed by atoms with Crippen LogP contribution in [-0.4, -0.2) is 24.0 Å². The lowest BCUT2D eigenvalue weighted by molar-refractivity contribution is 0.599. The third kappa shape index (κ3) is 1.68. The Balaban J connectivity index is 2.04. The maximum atomic E-state index is 11.8. The lowest BCUT2D eigenvalue weighted by Crippen LogP contribution is -2.11. The maximum Gasteiger partial charge on any atom is 0.285 e. The van der Waals surface area contributed by atoms with E-state index in [4.69, 9.17) is 0 Å². The first-order chi connectivity index (χ1) is 8.56. The van der Waals surface area contributed by atoms with E-state index < -0.39 is 10.0 Å². The summed E-state index contributed by atoms with van der Waals surface area (Å²) in [6, 6.07) is 8.46. The van der Waals surface area contributed by atoms with Gasteiger partial charge in [0.05, 0.1) is 0 Å². The fourth-order valence-corrected chi connectivity index (χ4v) is 2.97. The highest BCUT2D eigenvalue weighted by Crippen LogP contribution is 2.26. The quantitative estimate of drug-likeness (QED) is 0.831. The predicted octanol–water partition coefficient (Wildman–Crippen LogP) is 0.981. The minimum Gasteiger partial charge on any atom is -0.322 e. The molecule has 2 heterocycles. The number of sulfonamides is 1. The molecule has 0 aliphatic carbocycles. The molecular weight excluding hydrogens is 252 g/mol. The molecule has 0 radical (unpaired) electrons. The third-order valence-corrected chi connectivity index (χ3v) is 3.93. The average Bonchev–Trinajstić information content (AvgIpc) is 2.83. The molecule has 18 heavy (non-hydrogen) atoms. The molecule has 3 rings (SSSR count). The Morgan fingerprint density at radius 3 is 2.72 bits per heavy atom. The third-order valence-electron chi connectivity index (χ3n) is 2.59. The zero-order valence-corrected chi connectivity index (χ0v) is 10.3. The molecule has 1 aromatic carbocycles. The largest absolute Gasteiger partial charge is 0.322 e. The number of fused-ring (bicyclic) bond motifs is 1. The smallest absolute Gasteiger partial charge is 0.285 e. The van der Waals surface area contributed by atoms with Crippen LogP contribution in [0.3, 0.4) is 0 Å². The second kappa shape index (κ2) is 3.67. The zero-order chi connectivity index (χ0) is 12.8. The number of nitrogens with zero attached hydrogens (tertiary/aromatic N) is 3. The van der Waals surface area contributed by atoms with Crippen molar-refractivity contribution < 1.29 is 8.42 Å². The van der Waals surface area contributed by atoms with Crippen molar-refractivity contribution in [2.24, 2.45) is 11.4 Å². The number of anilines is 1. The predicted molar refractivity (Wildman–Crippen MR) is 67.0 cm³/mol. The number of amidine groups is 1. The van der Waals surface area contributed by atoms with Gasteiger partial charge in [0.2, 0.25) is 0 Å². The highest BCUT2D eigenvalue weighted by Gasteiger charge is 2.28. The van der Waals surface area contributed by atoms with Gasteiger partial charge in [-0.1, -0.05) is 12.1 Å². The molecule has 1 aliphatic rings. The monoisotopic (exact) mass is 262 g/mol. The first kappa shape index (κ1) is 11.0. The van der Waals surface area contributed by atoms with E-state index in [1.807, 2.05) is 0 Å². The van der Waals surface area contributed by atoms with E-state index in [-0.39, 0.29) is 4.90 Å². The molecule has 6 nitrogen and oxygen atoms in total. The number of benzene rings is 1. The number of hydrogen-bond acceptors (Lipinski definition) is 4. The van der Waals surface area contributed by atoms with Gasteiger partial charge in [-0.15, -0.1) is 4.40 Å². The van der Waals surface area contributed by atoms with Gasteiger partial charge in [-0.3, -0.25) is 4.68 Å². The Morgan fingerprint density at radius 1 is 1.22 bits per heavy atom. The zero-order valence-electron chi connectivity index (χ0n) is 9.53. The SMILES string of the molecule is Cn1ccc(NC2=NS(=O)(=O)c3ccccc32)n1. The molecule has 1 N–H and O–H groups in total. The molecule has 0 bridgehead atoms. The fourth-order valence-electron chi connectivity index (χ4n) is 1.80. The number of nitrogens with one attached hydrogen (secondary N) is 1. The Labute approximate surface area is 104 Å². The molecule has 0 unspecified atom stereocenters. The molecule has 0 saturated heterocycles. The van der Waals surface area contributed by atoms with Crippen molar-refractivity contribution in [2.75, 3.05) is 5.32 Å². The number of aromatic nitrogens is 2. The second-order valence-corrected chi connectivity index (χ2v) is 5.48. The summed E-state index contributed by atoms with van der Waals surface area (Å²) in [5.41, 5.74) is 0.572. The summed E-state index contributed by atoms with van der Waals surface area (Å²) in [6.07, 6.45) is 1.76. The van der Waals surface area contributed by atoms with Crippen LogP contribution in [0.4, 0.5) is 5.82 Å². The molecular formula is C11H10N4O2S. The molecule has 1 aromatic heterocycles. The van der Waals surface area contributed by atoms with Crippen LogP contribution in [0.25, 0.3) is 0 Å². The molecule has 0 saturated carbocycles. The standard InChI is InChI=1S/C11H10N4O2S/c1-15-7-6-10(13-15)12-11-8-4-2-3-5-9(8)18(16,17)14-11/h2-7H,1H3,(H,12,13,14). The highest BCUT2D eigenvalue weighted by molar-refractivity contribution is 7.90. The van der Waals surface area contributed by atoms with E-state index in [0.29, 0.717) is 17.2 Å². The summed E-state index contributed by atoms with van der Waals surface area (Å²) in [5, 5.41) is 7.04. The van der Waals surface area contributed by atoms with Crippen LogP contribution in [0.2, 0.25) is 0 Å². The van der Waals surface area contributed by atoms with Gasteiger partial charge in [-0.05, 0) is 12.1 Å². The minimum absolute atomic E-state index is 0.225. The Kier molecular flexibility index (Phi) is 2.24. The first-order valence-corrected chi connectivity index (χ1v) is 6.71. The summed E-state index contributed by atoms with van der Waals surface area (Å²) in [5.74, 6) is 0.868. The molecule has 0 amide bonds. The van der Waals surface area contributed by atoms with Crippen molar-refractivity contribution in [3.8, 4) is 0 Å². The fraction of sp³-hybridized carbons (Fsp3) is 0.0909. The van der Waals surface area contributed by atoms with Crippen LogP contribution in [0.5, 0.6) is 0 Å². The van der Waals surface area contributed by atoms with E-state index in [9.17, 15) is 8.42 Å². The van der Waals surface area contributed by atoms with Crippen molar-refractivity contribution in [1.29, 1.82) is 0 Å². The molecule has 7 heteroatoms. The second-order valence-electron chi connectivity index (χ2n) is 3.91. The van der Waals surface area contributed by atoms with Gasteiger partial charge in [-0.2, -0.15) is 13.5 Å². The van der Waals surface area contributed by atoms with Crippen molar-refractivity contribution >= 4 is 21.7 Å². The van der Waals surface area contributed by atoms with Gasteiger partial charge in [-0.25, -0.2) is 0 Å². The van der Waals surface area contributed by atoms with Crippen molar-refractivity contribution in [1.82, 2.24) is 9.78 Å². The lowest BCUT2D eigenvalue weighted by Gasteiger charge is -2.02. The van der Waals surface area contributed by atoms with Gasteiger partial charge in [0, 0.05) is 24.9 Å². The number of hydrogen-bond donors (Lipinski definition) is 1. The summed E-state index contributed by atoms with van der Waals surface area (Å²) in [6.45, 7) is 0. The van der Waals surface area contributed by atoms with Gasteiger partial charge >= 0.3 is 0 Å². The van der Waals surface area contributed by atoms with Gasteiger partial charge in [0.25, 0.3) is 10.0 Å². The van der Waals surface area contributed by atoms with E-state index in [1.54, 1.807) is 48.3 Å². The minimum atomic E-state index is -3.58. The topological polar surface area (TPSA) is 76.3 Å². The van der Waals surface area contributed by atoms with Gasteiger partial charge in [0.15, 0.2) is 11.7 Å². The van der Waals surface area contributed by atoms with Crippen LogP contribution in [0.15, 0.2) is 45.8 Å². The van der Waals surface area contributed by atoms with Crippen molar-refractivity contribution in [2.45, 2.75) is 4.90 Å². The molecule has 2 aromatic rings. The van der Waals surface area contributed by atoms with E-state index in [1.165, 1.54) is 0 Å². The van der Waals surface area contributed by atoms with E-state index in [0.717, 1.165) is 0 Å². The van der Waals surface area contributed by atoms with Crippen LogP contribution in [0.1, 0.15) is 5.56 Å². The number of aryl methyl sites for hydroxylation is 1. The summed E-state index contributed by atoms with van der Waals surface area (Å²) < 4.78 is 29.0. The van der Waals surface area contributed by atoms with Crippen LogP contribution < -0.4 is 5.32 Å². The van der Waals surface area contributed by atoms with Crippen molar-refractivity contribution in [3.63, 3.8) is 0 Å². The highest BCUT2D eigenvalue weighted by atomic mass is 32.2.